The predicted octanol–water partition coefficient (Wildman–Crippen LogP) is -0.617. The van der Waals surface area contributed by atoms with Crippen molar-refractivity contribution in [2.75, 3.05) is 26.4 Å². The maximum atomic E-state index is 11.6. The molecule has 2 rings (SSSR count). The van der Waals surface area contributed by atoms with Crippen LogP contribution < -0.4 is 5.32 Å². The van der Waals surface area contributed by atoms with Gasteiger partial charge in [-0.2, -0.15) is 0 Å². The van der Waals surface area contributed by atoms with Gasteiger partial charge in [0.05, 0.1) is 25.2 Å². The number of nitrogens with one attached hydrogen (secondary N) is 1. The largest absolute Gasteiger partial charge is 0.481 e. The molecule has 0 aromatic carbocycles. The first-order valence-electron chi connectivity index (χ1n) is 5.34. The van der Waals surface area contributed by atoms with E-state index < -0.39 is 17.5 Å². The van der Waals surface area contributed by atoms with Crippen LogP contribution in [-0.4, -0.2) is 49.5 Å². The summed E-state index contributed by atoms with van der Waals surface area (Å²) in [5.74, 6) is -1.12. The van der Waals surface area contributed by atoms with Crippen molar-refractivity contribution >= 4 is 11.9 Å². The molecule has 1 atom stereocenters. The normalized spacial score (nSPS) is 27.1. The lowest BCUT2D eigenvalue weighted by Crippen LogP contribution is -2.45. The third-order valence-corrected chi connectivity index (χ3v) is 3.02. The molecule has 0 aromatic heterocycles. The molecule has 2 aliphatic rings. The summed E-state index contributed by atoms with van der Waals surface area (Å²) in [6.45, 7) is 1.33. The summed E-state index contributed by atoms with van der Waals surface area (Å²) in [6.07, 6.45) is 0.660. The van der Waals surface area contributed by atoms with Crippen molar-refractivity contribution in [2.24, 2.45) is 5.41 Å². The van der Waals surface area contributed by atoms with Crippen LogP contribution in [0.5, 0.6) is 0 Å². The van der Waals surface area contributed by atoms with Gasteiger partial charge in [0.1, 0.15) is 0 Å². The molecule has 16 heavy (non-hydrogen) atoms. The third-order valence-electron chi connectivity index (χ3n) is 3.02. The molecule has 0 spiro atoms. The molecule has 0 radical (unpaired) electrons. The molecule has 6 heteroatoms. The summed E-state index contributed by atoms with van der Waals surface area (Å²) < 4.78 is 10.3. The summed E-state index contributed by atoms with van der Waals surface area (Å²) in [7, 11) is 0. The molecule has 90 valence electrons. The number of carbonyl (C=O) groups excluding carboxylic acids is 1. The molecule has 1 unspecified atom stereocenters. The first kappa shape index (κ1) is 11.3. The molecule has 1 amide bonds. The Morgan fingerprint density at radius 1 is 1.38 bits per heavy atom. The number of ether oxygens (including phenoxy) is 2. The number of aliphatic carboxylic acids is 1. The van der Waals surface area contributed by atoms with Crippen LogP contribution in [0, 0.1) is 5.41 Å². The Hall–Kier alpha value is -1.14. The topological polar surface area (TPSA) is 84.9 Å². The van der Waals surface area contributed by atoms with Gasteiger partial charge >= 0.3 is 5.97 Å². The molecule has 0 aromatic rings. The Kier molecular flexibility index (Phi) is 3.11. The summed E-state index contributed by atoms with van der Waals surface area (Å²) in [5, 5.41) is 11.5. The summed E-state index contributed by atoms with van der Waals surface area (Å²) in [6, 6.07) is 0. The molecule has 1 heterocycles. The van der Waals surface area contributed by atoms with Crippen molar-refractivity contribution in [3.63, 3.8) is 0 Å². The smallest absolute Gasteiger partial charge is 0.311 e. The van der Waals surface area contributed by atoms with Gasteiger partial charge in [-0.3, -0.25) is 9.59 Å². The fourth-order valence-corrected chi connectivity index (χ4v) is 1.63. The third kappa shape index (κ3) is 2.33. The average molecular weight is 229 g/mol. The highest BCUT2D eigenvalue weighted by Crippen LogP contribution is 2.45. The molecule has 2 N–H and O–H groups in total. The van der Waals surface area contributed by atoms with Crippen molar-refractivity contribution in [1.29, 1.82) is 0 Å². The lowest BCUT2D eigenvalue weighted by molar-refractivity contribution is -0.148. The Labute approximate surface area is 92.9 Å². The van der Waals surface area contributed by atoms with Crippen LogP contribution in [0.15, 0.2) is 0 Å². The van der Waals surface area contributed by atoms with Crippen LogP contribution in [0.3, 0.4) is 0 Å². The second-order valence-electron chi connectivity index (χ2n) is 4.24. The van der Waals surface area contributed by atoms with Crippen molar-refractivity contribution in [1.82, 2.24) is 5.32 Å². The van der Waals surface area contributed by atoms with Gasteiger partial charge in [-0.05, 0) is 12.8 Å². The molecule has 2 fully saturated rings. The van der Waals surface area contributed by atoms with Crippen LogP contribution in [0.1, 0.15) is 12.8 Å². The monoisotopic (exact) mass is 229 g/mol. The number of carboxylic acids is 1. The SMILES string of the molecule is O=C(NCC1(C(=O)O)CC1)C1COCCO1. The first-order valence-corrected chi connectivity index (χ1v) is 5.34. The molecule has 1 aliphatic heterocycles. The van der Waals surface area contributed by atoms with Crippen LogP contribution in [0.2, 0.25) is 0 Å². The van der Waals surface area contributed by atoms with Crippen molar-refractivity contribution in [2.45, 2.75) is 18.9 Å². The number of amides is 1. The highest BCUT2D eigenvalue weighted by molar-refractivity contribution is 5.83. The van der Waals surface area contributed by atoms with Crippen LogP contribution in [0.25, 0.3) is 0 Å². The number of hydrogen-bond acceptors (Lipinski definition) is 4. The van der Waals surface area contributed by atoms with Crippen molar-refractivity contribution in [3.05, 3.63) is 0 Å². The molecule has 1 saturated heterocycles. The summed E-state index contributed by atoms with van der Waals surface area (Å²) >= 11 is 0. The molecule has 6 nitrogen and oxygen atoms in total. The van der Waals surface area contributed by atoms with Gasteiger partial charge in [0.25, 0.3) is 5.91 Å². The standard InChI is InChI=1S/C10H15NO5/c12-8(7-5-15-3-4-16-7)11-6-10(1-2-10)9(13)14/h7H,1-6H2,(H,11,12)(H,13,14). The van der Waals surface area contributed by atoms with E-state index in [9.17, 15) is 9.59 Å². The fraction of sp³-hybridized carbons (Fsp3) is 0.800. The molecular formula is C10H15NO5. The van der Waals surface area contributed by atoms with Crippen molar-refractivity contribution in [3.8, 4) is 0 Å². The number of rotatable bonds is 4. The second-order valence-corrected chi connectivity index (χ2v) is 4.24. The van der Waals surface area contributed by atoms with Gasteiger partial charge in [0.2, 0.25) is 0 Å². The van der Waals surface area contributed by atoms with E-state index in [4.69, 9.17) is 14.6 Å². The minimum absolute atomic E-state index is 0.182. The maximum absolute atomic E-state index is 11.6. The van der Waals surface area contributed by atoms with Crippen LogP contribution in [-0.2, 0) is 19.1 Å². The number of carboxylic acid groups (broad SMARTS) is 1. The van der Waals surface area contributed by atoms with E-state index in [0.717, 1.165) is 0 Å². The second kappa shape index (κ2) is 4.39. The lowest BCUT2D eigenvalue weighted by atomic mass is 10.1. The Morgan fingerprint density at radius 2 is 2.12 bits per heavy atom. The molecular weight excluding hydrogens is 214 g/mol. The van der Waals surface area contributed by atoms with E-state index >= 15 is 0 Å². The Balaban J connectivity index is 1.77. The van der Waals surface area contributed by atoms with E-state index in [1.54, 1.807) is 0 Å². The quantitative estimate of drug-likeness (QED) is 0.671. The maximum Gasteiger partial charge on any atom is 0.311 e. The van der Waals surface area contributed by atoms with Gasteiger partial charge in [-0.15, -0.1) is 0 Å². The molecule has 0 bridgehead atoms. The van der Waals surface area contributed by atoms with E-state index in [2.05, 4.69) is 5.32 Å². The van der Waals surface area contributed by atoms with E-state index in [1.807, 2.05) is 0 Å². The van der Waals surface area contributed by atoms with Gasteiger partial charge in [-0.25, -0.2) is 0 Å². The number of carbonyl (C=O) groups is 2. The van der Waals surface area contributed by atoms with Crippen LogP contribution in [0.4, 0.5) is 0 Å². The Bertz CT molecular complexity index is 294. The average Bonchev–Trinajstić information content (AvgIpc) is 3.08. The minimum atomic E-state index is -0.839. The number of hydrogen-bond donors (Lipinski definition) is 2. The highest BCUT2D eigenvalue weighted by Gasteiger charge is 2.50. The van der Waals surface area contributed by atoms with E-state index in [-0.39, 0.29) is 19.1 Å². The highest BCUT2D eigenvalue weighted by atomic mass is 16.6. The summed E-state index contributed by atoms with van der Waals surface area (Å²) in [4.78, 5) is 22.5. The zero-order valence-electron chi connectivity index (χ0n) is 8.90. The van der Waals surface area contributed by atoms with E-state index in [1.165, 1.54) is 0 Å². The fourth-order valence-electron chi connectivity index (χ4n) is 1.63. The van der Waals surface area contributed by atoms with Gasteiger partial charge in [0, 0.05) is 6.54 Å². The van der Waals surface area contributed by atoms with Gasteiger partial charge in [0.15, 0.2) is 6.10 Å². The van der Waals surface area contributed by atoms with Gasteiger partial charge < -0.3 is 19.9 Å². The Morgan fingerprint density at radius 3 is 2.62 bits per heavy atom. The first-order chi connectivity index (χ1) is 7.64. The van der Waals surface area contributed by atoms with Crippen molar-refractivity contribution < 1.29 is 24.2 Å². The molecule has 1 aliphatic carbocycles. The van der Waals surface area contributed by atoms with E-state index in [0.29, 0.717) is 26.1 Å². The van der Waals surface area contributed by atoms with Crippen LogP contribution >= 0.6 is 0 Å². The lowest BCUT2D eigenvalue weighted by Gasteiger charge is -2.22. The molecule has 1 saturated carbocycles. The predicted molar refractivity (Wildman–Crippen MR) is 52.9 cm³/mol. The minimum Gasteiger partial charge on any atom is -0.481 e. The summed E-state index contributed by atoms with van der Waals surface area (Å²) in [5.41, 5.74) is -0.731. The zero-order chi connectivity index (χ0) is 11.6. The zero-order valence-corrected chi connectivity index (χ0v) is 8.90. The van der Waals surface area contributed by atoms with Gasteiger partial charge in [-0.1, -0.05) is 0 Å².